The van der Waals surface area contributed by atoms with Crippen LogP contribution >= 0.6 is 0 Å². The highest BCUT2D eigenvalue weighted by Crippen LogP contribution is 2.31. The van der Waals surface area contributed by atoms with Crippen molar-refractivity contribution in [1.82, 2.24) is 9.47 Å². The van der Waals surface area contributed by atoms with Gasteiger partial charge >= 0.3 is 0 Å². The highest BCUT2D eigenvalue weighted by molar-refractivity contribution is 5.87. The van der Waals surface area contributed by atoms with E-state index in [9.17, 15) is 0 Å². The Kier molecular flexibility index (Phi) is 2.68. The highest BCUT2D eigenvalue weighted by atomic mass is 15.1. The summed E-state index contributed by atoms with van der Waals surface area (Å²) in [5.41, 5.74) is 12.8. The van der Waals surface area contributed by atoms with Gasteiger partial charge in [-0.15, -0.1) is 0 Å². The van der Waals surface area contributed by atoms with Crippen LogP contribution in [0.2, 0.25) is 0 Å². The van der Waals surface area contributed by atoms with Crippen LogP contribution in [0.4, 0.5) is 0 Å². The van der Waals surface area contributed by atoms with Gasteiger partial charge in [0, 0.05) is 43.3 Å². The van der Waals surface area contributed by atoms with Crippen LogP contribution in [0.5, 0.6) is 0 Å². The first-order valence-corrected chi connectivity index (χ1v) is 6.67. The third-order valence-electron chi connectivity index (χ3n) is 4.38. The van der Waals surface area contributed by atoms with Gasteiger partial charge in [-0.3, -0.25) is 4.90 Å². The van der Waals surface area contributed by atoms with Crippen molar-refractivity contribution in [3.63, 3.8) is 0 Å². The molecule has 0 bridgehead atoms. The molecule has 2 heterocycles. The number of nitrogens with two attached hydrogens (primary N) is 1. The molecule has 0 saturated heterocycles. The first-order valence-electron chi connectivity index (χ1n) is 6.67. The lowest BCUT2D eigenvalue weighted by atomic mass is 10.0. The summed E-state index contributed by atoms with van der Waals surface area (Å²) < 4.78 is 2.27. The van der Waals surface area contributed by atoms with E-state index in [1.54, 1.807) is 0 Å². The third-order valence-corrected chi connectivity index (χ3v) is 4.38. The van der Waals surface area contributed by atoms with Gasteiger partial charge in [0.15, 0.2) is 0 Å². The minimum atomic E-state index is 0.624. The van der Waals surface area contributed by atoms with Crippen molar-refractivity contribution < 1.29 is 0 Å². The summed E-state index contributed by atoms with van der Waals surface area (Å²) in [6.07, 6.45) is 0. The summed E-state index contributed by atoms with van der Waals surface area (Å²) >= 11 is 0. The van der Waals surface area contributed by atoms with E-state index >= 15 is 0 Å². The summed E-state index contributed by atoms with van der Waals surface area (Å²) in [6, 6.07) is 4.71. The molecule has 0 atom stereocenters. The molecule has 1 aromatic carbocycles. The summed E-state index contributed by atoms with van der Waals surface area (Å²) in [5, 5.41) is 1.34. The maximum atomic E-state index is 5.91. The standard InChI is InChI=1S/C15H21N3/c1-4-18-8-11-5-13-14(7-16)10(2)17(3)15(13)6-12(11)9-18/h5-6H,4,7-9,16H2,1-3H3. The summed E-state index contributed by atoms with van der Waals surface area (Å²) in [6.45, 7) is 8.30. The van der Waals surface area contributed by atoms with Gasteiger partial charge in [-0.05, 0) is 42.3 Å². The fourth-order valence-corrected chi connectivity index (χ4v) is 3.09. The second-order valence-corrected chi connectivity index (χ2v) is 5.27. The Morgan fingerprint density at radius 1 is 1.22 bits per heavy atom. The van der Waals surface area contributed by atoms with E-state index in [0.717, 1.165) is 19.6 Å². The van der Waals surface area contributed by atoms with Crippen LogP contribution in [0, 0.1) is 6.92 Å². The van der Waals surface area contributed by atoms with Crippen molar-refractivity contribution in [3.05, 3.63) is 34.5 Å². The molecule has 0 unspecified atom stereocenters. The Bertz CT molecular complexity index is 610. The predicted molar refractivity (Wildman–Crippen MR) is 75.3 cm³/mol. The Morgan fingerprint density at radius 2 is 1.89 bits per heavy atom. The zero-order valence-corrected chi connectivity index (χ0v) is 11.5. The molecular formula is C15H21N3. The molecular weight excluding hydrogens is 222 g/mol. The SMILES string of the molecule is CCN1Cc2cc3c(CN)c(C)n(C)c3cc2C1. The molecule has 2 N–H and O–H groups in total. The van der Waals surface area contributed by atoms with Gasteiger partial charge in [0.25, 0.3) is 0 Å². The van der Waals surface area contributed by atoms with Gasteiger partial charge in [-0.25, -0.2) is 0 Å². The minimum absolute atomic E-state index is 0.624. The van der Waals surface area contributed by atoms with E-state index in [1.807, 2.05) is 0 Å². The molecule has 3 heteroatoms. The quantitative estimate of drug-likeness (QED) is 0.878. The fraction of sp³-hybridized carbons (Fsp3) is 0.467. The van der Waals surface area contributed by atoms with Gasteiger partial charge in [-0.1, -0.05) is 6.92 Å². The van der Waals surface area contributed by atoms with E-state index in [4.69, 9.17) is 5.73 Å². The van der Waals surface area contributed by atoms with Crippen molar-refractivity contribution in [1.29, 1.82) is 0 Å². The number of aryl methyl sites for hydroxylation is 1. The smallest absolute Gasteiger partial charge is 0.0486 e. The Balaban J connectivity index is 2.22. The molecule has 0 spiro atoms. The summed E-state index contributed by atoms with van der Waals surface area (Å²) in [5.74, 6) is 0. The number of hydrogen-bond donors (Lipinski definition) is 1. The lowest BCUT2D eigenvalue weighted by Crippen LogP contribution is -2.14. The predicted octanol–water partition coefficient (Wildman–Crippen LogP) is 2.28. The van der Waals surface area contributed by atoms with Gasteiger partial charge in [-0.2, -0.15) is 0 Å². The second-order valence-electron chi connectivity index (χ2n) is 5.27. The number of benzene rings is 1. The number of fused-ring (bicyclic) bond motifs is 2. The van der Waals surface area contributed by atoms with Crippen LogP contribution in [0.1, 0.15) is 29.3 Å². The first-order chi connectivity index (χ1) is 8.65. The largest absolute Gasteiger partial charge is 0.348 e. The van der Waals surface area contributed by atoms with E-state index in [0.29, 0.717) is 6.54 Å². The van der Waals surface area contributed by atoms with Crippen molar-refractivity contribution in [2.24, 2.45) is 12.8 Å². The van der Waals surface area contributed by atoms with Crippen LogP contribution in [0.25, 0.3) is 10.9 Å². The van der Waals surface area contributed by atoms with Crippen LogP contribution in [0.15, 0.2) is 12.1 Å². The number of rotatable bonds is 2. The molecule has 0 radical (unpaired) electrons. The van der Waals surface area contributed by atoms with Crippen LogP contribution in [0.3, 0.4) is 0 Å². The Morgan fingerprint density at radius 3 is 2.50 bits per heavy atom. The Labute approximate surface area is 108 Å². The van der Waals surface area contributed by atoms with Crippen LogP contribution in [-0.2, 0) is 26.7 Å². The fourth-order valence-electron chi connectivity index (χ4n) is 3.09. The molecule has 1 aliphatic rings. The summed E-state index contributed by atoms with van der Waals surface area (Å²) in [7, 11) is 2.13. The maximum Gasteiger partial charge on any atom is 0.0486 e. The van der Waals surface area contributed by atoms with E-state index < -0.39 is 0 Å². The molecule has 1 aliphatic heterocycles. The normalized spacial score (nSPS) is 15.6. The molecule has 0 saturated carbocycles. The van der Waals surface area contributed by atoms with Gasteiger partial charge in [0.05, 0.1) is 0 Å². The van der Waals surface area contributed by atoms with Crippen LogP contribution < -0.4 is 5.73 Å². The lowest BCUT2D eigenvalue weighted by Gasteiger charge is -2.09. The van der Waals surface area contributed by atoms with Crippen LogP contribution in [-0.4, -0.2) is 16.0 Å². The maximum absolute atomic E-state index is 5.91. The van der Waals surface area contributed by atoms with E-state index in [-0.39, 0.29) is 0 Å². The Hall–Kier alpha value is -1.32. The third kappa shape index (κ3) is 1.51. The molecule has 2 aromatic rings. The monoisotopic (exact) mass is 243 g/mol. The number of aromatic nitrogens is 1. The average molecular weight is 243 g/mol. The number of nitrogens with zero attached hydrogens (tertiary/aromatic N) is 2. The average Bonchev–Trinajstić information content (AvgIpc) is 2.88. The zero-order chi connectivity index (χ0) is 12.9. The molecule has 1 aromatic heterocycles. The lowest BCUT2D eigenvalue weighted by molar-refractivity contribution is 0.301. The van der Waals surface area contributed by atoms with E-state index in [2.05, 4.69) is 42.5 Å². The molecule has 3 rings (SSSR count). The highest BCUT2D eigenvalue weighted by Gasteiger charge is 2.20. The molecule has 96 valence electrons. The second kappa shape index (κ2) is 4.11. The van der Waals surface area contributed by atoms with Crippen molar-refractivity contribution >= 4 is 10.9 Å². The molecule has 0 amide bonds. The topological polar surface area (TPSA) is 34.2 Å². The van der Waals surface area contributed by atoms with Gasteiger partial charge in [0.1, 0.15) is 0 Å². The molecule has 0 fully saturated rings. The summed E-state index contributed by atoms with van der Waals surface area (Å²) in [4.78, 5) is 2.47. The van der Waals surface area contributed by atoms with Crippen molar-refractivity contribution in [2.75, 3.05) is 6.54 Å². The minimum Gasteiger partial charge on any atom is -0.348 e. The zero-order valence-electron chi connectivity index (χ0n) is 11.5. The van der Waals surface area contributed by atoms with Crippen molar-refractivity contribution in [2.45, 2.75) is 33.5 Å². The van der Waals surface area contributed by atoms with Crippen molar-refractivity contribution in [3.8, 4) is 0 Å². The molecule has 0 aliphatic carbocycles. The molecule has 18 heavy (non-hydrogen) atoms. The van der Waals surface area contributed by atoms with E-state index in [1.165, 1.54) is 33.3 Å². The molecule has 3 nitrogen and oxygen atoms in total. The first kappa shape index (κ1) is 11.8. The van der Waals surface area contributed by atoms with Gasteiger partial charge < -0.3 is 10.3 Å². The van der Waals surface area contributed by atoms with Gasteiger partial charge in [0.2, 0.25) is 0 Å². The number of hydrogen-bond acceptors (Lipinski definition) is 2.